The monoisotopic (exact) mass is 585 g/mol. The zero-order valence-corrected chi connectivity index (χ0v) is 25.4. The number of fused-ring (bicyclic) bond motifs is 1. The Hall–Kier alpha value is -3.45. The van der Waals surface area contributed by atoms with Crippen molar-refractivity contribution in [1.82, 2.24) is 4.90 Å². The zero-order valence-electron chi connectivity index (χ0n) is 25.4. The third-order valence-electron chi connectivity index (χ3n) is 9.83. The Labute approximate surface area is 255 Å². The van der Waals surface area contributed by atoms with E-state index in [1.165, 1.54) is 61.0 Å². The van der Waals surface area contributed by atoms with E-state index in [9.17, 15) is 14.7 Å². The molecule has 0 saturated carbocycles. The van der Waals surface area contributed by atoms with Gasteiger partial charge in [0.2, 0.25) is 0 Å². The van der Waals surface area contributed by atoms with E-state index in [4.69, 9.17) is 9.47 Å². The average molecular weight is 586 g/mol. The molecule has 7 nitrogen and oxygen atoms in total. The number of nitrogens with zero attached hydrogens (tertiary/aromatic N) is 2. The molecule has 0 radical (unpaired) electrons. The lowest BCUT2D eigenvalue weighted by atomic mass is 9.69. The molecule has 1 spiro atoms. The zero-order chi connectivity index (χ0) is 29.8. The van der Waals surface area contributed by atoms with Crippen LogP contribution in [-0.2, 0) is 5.41 Å². The van der Waals surface area contributed by atoms with Gasteiger partial charge in [-0.25, -0.2) is 4.58 Å². The van der Waals surface area contributed by atoms with Crippen LogP contribution in [0.25, 0.3) is 0 Å². The number of amides is 2. The minimum absolute atomic E-state index is 0.0535. The molecule has 2 aromatic rings. The number of aliphatic hydroxyl groups excluding tert-OH is 1. The molecule has 228 valence electrons. The second-order valence-corrected chi connectivity index (χ2v) is 12.6. The summed E-state index contributed by atoms with van der Waals surface area (Å²) in [7, 11) is 1.69. The minimum atomic E-state index is -0.458. The van der Waals surface area contributed by atoms with Crippen molar-refractivity contribution in [3.63, 3.8) is 0 Å². The summed E-state index contributed by atoms with van der Waals surface area (Å²) >= 11 is 0. The summed E-state index contributed by atoms with van der Waals surface area (Å²) in [6, 6.07) is 11.3. The van der Waals surface area contributed by atoms with Crippen molar-refractivity contribution in [1.29, 1.82) is 0 Å². The van der Waals surface area contributed by atoms with Crippen molar-refractivity contribution in [2.45, 2.75) is 94.7 Å². The molecule has 43 heavy (non-hydrogen) atoms. The maximum Gasteiger partial charge on any atom is 0.261 e. The molecule has 3 aliphatic heterocycles. The van der Waals surface area contributed by atoms with E-state index >= 15 is 0 Å². The number of aliphatic hydroxyl groups is 1. The van der Waals surface area contributed by atoms with Crippen LogP contribution < -0.4 is 9.47 Å². The molecule has 0 unspecified atom stereocenters. The highest BCUT2D eigenvalue weighted by Gasteiger charge is 2.53. The van der Waals surface area contributed by atoms with Gasteiger partial charge in [0.15, 0.2) is 17.7 Å². The third kappa shape index (κ3) is 5.88. The molecule has 6 rings (SSSR count). The first-order valence-electron chi connectivity index (χ1n) is 16.3. The summed E-state index contributed by atoms with van der Waals surface area (Å²) in [5, 5.41) is 10.3. The highest BCUT2D eigenvalue weighted by Crippen LogP contribution is 2.54. The lowest BCUT2D eigenvalue weighted by molar-refractivity contribution is -0.524. The number of ether oxygens (including phenoxy) is 2. The van der Waals surface area contributed by atoms with Gasteiger partial charge in [0.05, 0.1) is 29.8 Å². The predicted molar refractivity (Wildman–Crippen MR) is 167 cm³/mol. The largest absolute Gasteiger partial charge is 0.493 e. The fourth-order valence-electron chi connectivity index (χ4n) is 7.46. The Morgan fingerprint density at radius 3 is 2.26 bits per heavy atom. The summed E-state index contributed by atoms with van der Waals surface area (Å²) < 4.78 is 14.5. The van der Waals surface area contributed by atoms with E-state index < -0.39 is 6.10 Å². The van der Waals surface area contributed by atoms with Crippen LogP contribution in [0.4, 0.5) is 0 Å². The second-order valence-electron chi connectivity index (χ2n) is 12.6. The van der Waals surface area contributed by atoms with E-state index in [0.29, 0.717) is 24.1 Å². The molecule has 1 aliphatic carbocycles. The smallest absolute Gasteiger partial charge is 0.261 e. The van der Waals surface area contributed by atoms with E-state index in [1.54, 1.807) is 19.2 Å². The van der Waals surface area contributed by atoms with Crippen LogP contribution in [0.2, 0.25) is 0 Å². The molecule has 2 amide bonds. The number of carbonyl (C=O) groups is 2. The summed E-state index contributed by atoms with van der Waals surface area (Å²) in [4.78, 5) is 26.3. The van der Waals surface area contributed by atoms with Crippen molar-refractivity contribution in [3.8, 4) is 11.5 Å². The molecule has 1 N–H and O–H groups in total. The summed E-state index contributed by atoms with van der Waals surface area (Å²) in [6.07, 6.45) is 19.4. The molecule has 4 aliphatic rings. The van der Waals surface area contributed by atoms with Gasteiger partial charge in [-0.2, -0.15) is 0 Å². The van der Waals surface area contributed by atoms with Gasteiger partial charge in [0.25, 0.3) is 11.8 Å². The first kappa shape index (κ1) is 29.6. The van der Waals surface area contributed by atoms with Crippen LogP contribution in [-0.4, -0.2) is 71.6 Å². The van der Waals surface area contributed by atoms with Crippen molar-refractivity contribution in [2.75, 3.05) is 26.7 Å². The molecule has 0 bridgehead atoms. The van der Waals surface area contributed by atoms with Gasteiger partial charge in [-0.15, -0.1) is 0 Å². The van der Waals surface area contributed by atoms with Crippen LogP contribution in [0.15, 0.2) is 48.6 Å². The molecule has 7 heteroatoms. The third-order valence-corrected chi connectivity index (χ3v) is 9.83. The Morgan fingerprint density at radius 1 is 0.930 bits per heavy atom. The molecule has 0 fully saturated rings. The maximum absolute atomic E-state index is 12.5. The van der Waals surface area contributed by atoms with Crippen molar-refractivity contribution in [2.24, 2.45) is 0 Å². The van der Waals surface area contributed by atoms with Crippen LogP contribution in [0.5, 0.6) is 11.5 Å². The van der Waals surface area contributed by atoms with Gasteiger partial charge in [-0.05, 0) is 37.1 Å². The van der Waals surface area contributed by atoms with Crippen molar-refractivity contribution >= 4 is 18.0 Å². The molecular weight excluding hydrogens is 540 g/mol. The highest BCUT2D eigenvalue weighted by atomic mass is 16.5. The topological polar surface area (TPSA) is 79.1 Å². The van der Waals surface area contributed by atoms with Crippen LogP contribution in [0.3, 0.4) is 0 Å². The Bertz CT molecular complexity index is 1380. The van der Waals surface area contributed by atoms with E-state index in [2.05, 4.69) is 22.9 Å². The fourth-order valence-corrected chi connectivity index (χ4v) is 7.46. The molecule has 0 saturated heterocycles. The van der Waals surface area contributed by atoms with Gasteiger partial charge in [-0.3, -0.25) is 14.5 Å². The lowest BCUT2D eigenvalue weighted by Crippen LogP contribution is -2.42. The molecule has 2 aromatic carbocycles. The molecule has 0 aromatic heterocycles. The van der Waals surface area contributed by atoms with Gasteiger partial charge in [0.1, 0.15) is 19.2 Å². The van der Waals surface area contributed by atoms with Crippen LogP contribution in [0, 0.1) is 0 Å². The number of hydrogen-bond donors (Lipinski definition) is 1. The SMILES string of the molecule is COc1ccc2c3c1O[C@H]1C[C@@H](O)C=C[C@@]31CC[N+](CCCCCCCCCCCCN1C(=O)c3ccccc3C1=O)=C2. The standard InChI is InChI=1S/C36H45N2O5/c1-42-30-17-16-26-25-37(23-20-36-19-18-27(39)24-31(36)43-33(30)32(26)36)21-12-8-6-4-2-3-5-7-9-13-22-38-34(40)28-14-10-11-15-29(28)35(38)41/h10-11,14-19,25,27,31,39H,2-9,12-13,20-24H2,1H3/q+1/t27-,31-,36-/m0/s1. The summed E-state index contributed by atoms with van der Waals surface area (Å²) in [5.74, 6) is 1.35. The first-order chi connectivity index (χ1) is 21.0. The minimum Gasteiger partial charge on any atom is -0.493 e. The van der Waals surface area contributed by atoms with Crippen molar-refractivity contribution in [3.05, 3.63) is 70.8 Å². The lowest BCUT2D eigenvalue weighted by Gasteiger charge is -2.34. The number of methoxy groups -OCH3 is 1. The second kappa shape index (κ2) is 13.0. The average Bonchev–Trinajstić information content (AvgIpc) is 3.41. The van der Waals surface area contributed by atoms with E-state index in [-0.39, 0.29) is 23.3 Å². The van der Waals surface area contributed by atoms with Gasteiger partial charge in [-0.1, -0.05) is 69.2 Å². The molecular formula is C36H45N2O5+. The van der Waals surface area contributed by atoms with Gasteiger partial charge < -0.3 is 14.6 Å². The van der Waals surface area contributed by atoms with Crippen LogP contribution >= 0.6 is 0 Å². The number of carbonyl (C=O) groups excluding carboxylic acids is 2. The predicted octanol–water partition coefficient (Wildman–Crippen LogP) is 6.05. The fraction of sp³-hybridized carbons (Fsp3) is 0.528. The number of benzene rings is 2. The van der Waals surface area contributed by atoms with Gasteiger partial charge in [0, 0.05) is 36.9 Å². The molecule has 3 atom stereocenters. The van der Waals surface area contributed by atoms with Gasteiger partial charge >= 0.3 is 0 Å². The Morgan fingerprint density at radius 2 is 1.58 bits per heavy atom. The highest BCUT2D eigenvalue weighted by molar-refractivity contribution is 6.21. The van der Waals surface area contributed by atoms with E-state index in [0.717, 1.165) is 50.3 Å². The molecule has 3 heterocycles. The van der Waals surface area contributed by atoms with Crippen molar-refractivity contribution < 1.29 is 28.7 Å². The number of imide groups is 1. The summed E-state index contributed by atoms with van der Waals surface area (Å²) in [6.45, 7) is 2.56. The first-order valence-corrected chi connectivity index (χ1v) is 16.3. The Balaban J connectivity index is 0.872. The quantitative estimate of drug-likeness (QED) is 0.126. The Kier molecular flexibility index (Phi) is 8.98. The number of rotatable bonds is 14. The van der Waals surface area contributed by atoms with Crippen LogP contribution in [0.1, 0.15) is 109 Å². The summed E-state index contributed by atoms with van der Waals surface area (Å²) in [5.41, 5.74) is 3.33. The maximum atomic E-state index is 12.5. The normalized spacial score (nSPS) is 23.4. The number of unbranched alkanes of at least 4 members (excludes halogenated alkanes) is 9. The van der Waals surface area contributed by atoms with E-state index in [1.807, 2.05) is 24.3 Å². The number of hydrogen-bond acceptors (Lipinski definition) is 5.